The van der Waals surface area contributed by atoms with Crippen LogP contribution in [0.4, 0.5) is 0 Å². The number of aryl methyl sites for hydroxylation is 1. The molecule has 0 radical (unpaired) electrons. The molecule has 0 amide bonds. The van der Waals surface area contributed by atoms with Gasteiger partial charge in [-0.1, -0.05) is 12.8 Å². The summed E-state index contributed by atoms with van der Waals surface area (Å²) in [7, 11) is 1.71. The molecule has 5 heteroatoms. The zero-order chi connectivity index (χ0) is 11.5. The van der Waals surface area contributed by atoms with E-state index in [0.29, 0.717) is 12.3 Å². The van der Waals surface area contributed by atoms with Gasteiger partial charge >= 0.3 is 5.97 Å². The third-order valence-corrected chi connectivity index (χ3v) is 2.89. The number of nitrogens with zero attached hydrogens (tertiary/aromatic N) is 2. The number of hydrogen-bond acceptors (Lipinski definition) is 3. The van der Waals surface area contributed by atoms with Crippen LogP contribution in [0.5, 0.6) is 0 Å². The lowest BCUT2D eigenvalue weighted by molar-refractivity contribution is 0.0420. The molecule has 0 saturated heterocycles. The van der Waals surface area contributed by atoms with Crippen LogP contribution in [0, 0.1) is 0 Å². The number of hydrogen-bond donors (Lipinski definition) is 1. The van der Waals surface area contributed by atoms with Gasteiger partial charge in [0.25, 0.3) is 0 Å². The molecule has 1 aliphatic carbocycles. The van der Waals surface area contributed by atoms with Crippen molar-refractivity contribution in [1.82, 2.24) is 9.78 Å². The molecule has 1 saturated carbocycles. The summed E-state index contributed by atoms with van der Waals surface area (Å²) in [5, 5.41) is 13.1. The van der Waals surface area contributed by atoms with Crippen molar-refractivity contribution < 1.29 is 14.6 Å². The Morgan fingerprint density at radius 1 is 1.62 bits per heavy atom. The highest BCUT2D eigenvalue weighted by atomic mass is 16.5. The smallest absolute Gasteiger partial charge is 0.339 e. The van der Waals surface area contributed by atoms with Gasteiger partial charge in [-0.2, -0.15) is 5.10 Å². The summed E-state index contributed by atoms with van der Waals surface area (Å²) in [4.78, 5) is 10.9. The second-order valence-corrected chi connectivity index (χ2v) is 4.19. The Balaban J connectivity index is 1.99. The highest BCUT2D eigenvalue weighted by Gasteiger charge is 2.19. The maximum atomic E-state index is 10.9. The van der Waals surface area contributed by atoms with Crippen LogP contribution in [0.25, 0.3) is 0 Å². The molecule has 1 N–H and O–H groups in total. The summed E-state index contributed by atoms with van der Waals surface area (Å²) < 4.78 is 7.16. The summed E-state index contributed by atoms with van der Waals surface area (Å²) >= 11 is 0. The van der Waals surface area contributed by atoms with Crippen LogP contribution in [0.3, 0.4) is 0 Å². The van der Waals surface area contributed by atoms with Crippen molar-refractivity contribution in [3.8, 4) is 0 Å². The SMILES string of the molecule is Cn1cc(C(=O)O)c(COC2CCCC2)n1. The van der Waals surface area contributed by atoms with Crippen molar-refractivity contribution in [1.29, 1.82) is 0 Å². The summed E-state index contributed by atoms with van der Waals surface area (Å²) in [6.45, 7) is 0.299. The first-order valence-electron chi connectivity index (χ1n) is 5.54. The van der Waals surface area contributed by atoms with E-state index in [1.54, 1.807) is 7.05 Å². The minimum Gasteiger partial charge on any atom is -0.478 e. The number of carboxylic acids is 1. The first-order valence-corrected chi connectivity index (χ1v) is 5.54. The summed E-state index contributed by atoms with van der Waals surface area (Å²) in [6.07, 6.45) is 6.36. The summed E-state index contributed by atoms with van der Waals surface area (Å²) in [6, 6.07) is 0. The zero-order valence-electron chi connectivity index (χ0n) is 9.35. The lowest BCUT2D eigenvalue weighted by atomic mass is 10.2. The molecule has 1 aromatic rings. The van der Waals surface area contributed by atoms with E-state index in [4.69, 9.17) is 9.84 Å². The second-order valence-electron chi connectivity index (χ2n) is 4.19. The minimum atomic E-state index is -0.946. The fraction of sp³-hybridized carbons (Fsp3) is 0.636. The Labute approximate surface area is 94.0 Å². The van der Waals surface area contributed by atoms with Crippen molar-refractivity contribution in [3.05, 3.63) is 17.5 Å². The highest BCUT2D eigenvalue weighted by molar-refractivity contribution is 5.88. The topological polar surface area (TPSA) is 64.4 Å². The molecule has 1 fully saturated rings. The predicted octanol–water partition coefficient (Wildman–Crippen LogP) is 1.58. The number of aromatic carboxylic acids is 1. The third kappa shape index (κ3) is 2.41. The van der Waals surface area contributed by atoms with E-state index < -0.39 is 5.97 Å². The first kappa shape index (κ1) is 11.1. The zero-order valence-corrected chi connectivity index (χ0v) is 9.35. The molecular weight excluding hydrogens is 208 g/mol. The lowest BCUT2D eigenvalue weighted by Crippen LogP contribution is -2.09. The molecule has 1 heterocycles. The number of carboxylic acid groups (broad SMARTS) is 1. The van der Waals surface area contributed by atoms with Gasteiger partial charge in [0, 0.05) is 13.2 Å². The molecule has 5 nitrogen and oxygen atoms in total. The van der Waals surface area contributed by atoms with Gasteiger partial charge in [0.2, 0.25) is 0 Å². The van der Waals surface area contributed by atoms with Gasteiger partial charge in [-0.15, -0.1) is 0 Å². The number of aromatic nitrogens is 2. The van der Waals surface area contributed by atoms with Crippen LogP contribution < -0.4 is 0 Å². The van der Waals surface area contributed by atoms with Crippen LogP contribution in [-0.4, -0.2) is 27.0 Å². The average Bonchev–Trinajstić information content (AvgIpc) is 2.83. The summed E-state index contributed by atoms with van der Waals surface area (Å²) in [5.74, 6) is -0.946. The largest absolute Gasteiger partial charge is 0.478 e. The quantitative estimate of drug-likeness (QED) is 0.843. The maximum Gasteiger partial charge on any atom is 0.339 e. The number of rotatable bonds is 4. The first-order chi connectivity index (χ1) is 7.66. The molecule has 16 heavy (non-hydrogen) atoms. The normalized spacial score (nSPS) is 16.8. The van der Waals surface area contributed by atoms with Crippen LogP contribution in [0.1, 0.15) is 41.7 Å². The Bertz CT molecular complexity index is 381. The molecule has 0 bridgehead atoms. The van der Waals surface area contributed by atoms with Gasteiger partial charge in [-0.25, -0.2) is 4.79 Å². The van der Waals surface area contributed by atoms with E-state index >= 15 is 0 Å². The van der Waals surface area contributed by atoms with Crippen molar-refractivity contribution in [3.63, 3.8) is 0 Å². The summed E-state index contributed by atoms with van der Waals surface area (Å²) in [5.41, 5.74) is 0.752. The van der Waals surface area contributed by atoms with E-state index in [1.165, 1.54) is 23.7 Å². The van der Waals surface area contributed by atoms with E-state index in [2.05, 4.69) is 5.10 Å². The fourth-order valence-electron chi connectivity index (χ4n) is 2.07. The Kier molecular flexibility index (Phi) is 3.24. The van der Waals surface area contributed by atoms with E-state index in [1.807, 2.05) is 0 Å². The molecule has 1 aromatic heterocycles. The Morgan fingerprint density at radius 2 is 2.31 bits per heavy atom. The van der Waals surface area contributed by atoms with Crippen LogP contribution in [0.15, 0.2) is 6.20 Å². The van der Waals surface area contributed by atoms with Crippen LogP contribution >= 0.6 is 0 Å². The van der Waals surface area contributed by atoms with Gasteiger partial charge in [0.05, 0.1) is 12.7 Å². The van der Waals surface area contributed by atoms with Crippen molar-refractivity contribution >= 4 is 5.97 Å². The van der Waals surface area contributed by atoms with Gasteiger partial charge in [-0.05, 0) is 12.8 Å². The monoisotopic (exact) mass is 224 g/mol. The molecule has 1 aliphatic rings. The van der Waals surface area contributed by atoms with E-state index in [9.17, 15) is 4.79 Å². The Hall–Kier alpha value is -1.36. The van der Waals surface area contributed by atoms with Crippen LogP contribution in [0.2, 0.25) is 0 Å². The molecule has 0 atom stereocenters. The molecule has 0 aliphatic heterocycles. The van der Waals surface area contributed by atoms with Gasteiger partial charge < -0.3 is 9.84 Å². The third-order valence-electron chi connectivity index (χ3n) is 2.89. The standard InChI is InChI=1S/C11H16N2O3/c1-13-6-9(11(14)15)10(12-13)7-16-8-4-2-3-5-8/h6,8H,2-5,7H2,1H3,(H,14,15). The molecule has 2 rings (SSSR count). The average molecular weight is 224 g/mol. The highest BCUT2D eigenvalue weighted by Crippen LogP contribution is 2.22. The van der Waals surface area contributed by atoms with Gasteiger partial charge in [0.1, 0.15) is 11.3 Å². The molecule has 0 aromatic carbocycles. The van der Waals surface area contributed by atoms with Crippen molar-refractivity contribution in [2.75, 3.05) is 0 Å². The second kappa shape index (κ2) is 4.65. The molecule has 0 unspecified atom stereocenters. The molecule has 88 valence electrons. The number of ether oxygens (including phenoxy) is 1. The lowest BCUT2D eigenvalue weighted by Gasteiger charge is -2.09. The predicted molar refractivity (Wildman–Crippen MR) is 57.2 cm³/mol. The van der Waals surface area contributed by atoms with Crippen molar-refractivity contribution in [2.24, 2.45) is 7.05 Å². The van der Waals surface area contributed by atoms with Crippen LogP contribution in [-0.2, 0) is 18.4 Å². The Morgan fingerprint density at radius 3 is 2.94 bits per heavy atom. The number of carbonyl (C=O) groups is 1. The fourth-order valence-corrected chi connectivity index (χ4v) is 2.07. The van der Waals surface area contributed by atoms with Gasteiger partial charge in [0.15, 0.2) is 0 Å². The maximum absolute atomic E-state index is 10.9. The van der Waals surface area contributed by atoms with E-state index in [0.717, 1.165) is 12.8 Å². The van der Waals surface area contributed by atoms with Crippen molar-refractivity contribution in [2.45, 2.75) is 38.4 Å². The van der Waals surface area contributed by atoms with E-state index in [-0.39, 0.29) is 11.7 Å². The van der Waals surface area contributed by atoms with Gasteiger partial charge in [-0.3, -0.25) is 4.68 Å². The minimum absolute atomic E-state index is 0.237. The molecule has 0 spiro atoms. The molecular formula is C11H16N2O3.